The van der Waals surface area contributed by atoms with E-state index in [0.717, 1.165) is 4.73 Å². The third-order valence-electron chi connectivity index (χ3n) is 0.914. The van der Waals surface area contributed by atoms with Crippen LogP contribution >= 0.6 is 0 Å². The van der Waals surface area contributed by atoms with Crippen molar-refractivity contribution in [2.75, 3.05) is 7.05 Å². The zero-order chi connectivity index (χ0) is 6.69. The van der Waals surface area contributed by atoms with E-state index in [-0.39, 0.29) is 0 Å². The first-order chi connectivity index (χ1) is 4.33. The molecule has 0 bridgehead atoms. The van der Waals surface area contributed by atoms with E-state index in [0.29, 0.717) is 5.49 Å². The van der Waals surface area contributed by atoms with Crippen LogP contribution in [0.3, 0.4) is 0 Å². The van der Waals surface area contributed by atoms with Crippen LogP contribution < -0.4 is 5.49 Å². The van der Waals surface area contributed by atoms with Crippen LogP contribution in [0.1, 0.15) is 0 Å². The molecule has 4 heteroatoms. The first-order valence-corrected chi connectivity index (χ1v) is 2.49. The zero-order valence-electron chi connectivity index (χ0n) is 5.02. The van der Waals surface area contributed by atoms with Crippen molar-refractivity contribution in [3.05, 3.63) is 24.1 Å². The highest BCUT2D eigenvalue weighted by Gasteiger charge is 1.78. The Hall–Kier alpha value is -1.32. The van der Waals surface area contributed by atoms with Gasteiger partial charge in [0.2, 0.25) is 0 Å². The second kappa shape index (κ2) is 2.30. The van der Waals surface area contributed by atoms with Crippen LogP contribution in [0.2, 0.25) is 0 Å². The lowest BCUT2D eigenvalue weighted by Gasteiger charge is -1.90. The fourth-order valence-corrected chi connectivity index (χ4v) is 0.475. The van der Waals surface area contributed by atoms with Gasteiger partial charge in [0, 0.05) is 19.3 Å². The van der Waals surface area contributed by atoms with Crippen molar-refractivity contribution < 1.29 is 5.21 Å². The Morgan fingerprint density at radius 1 is 1.78 bits per heavy atom. The summed E-state index contributed by atoms with van der Waals surface area (Å²) in [6.45, 7) is 0. The molecular formula is C5H7N3O. The normalized spacial score (nSPS) is 11.9. The van der Waals surface area contributed by atoms with Gasteiger partial charge in [0.1, 0.15) is 11.8 Å². The Kier molecular flexibility index (Phi) is 1.48. The van der Waals surface area contributed by atoms with Crippen molar-refractivity contribution in [2.24, 2.45) is 4.99 Å². The van der Waals surface area contributed by atoms with Gasteiger partial charge in [0.15, 0.2) is 0 Å². The summed E-state index contributed by atoms with van der Waals surface area (Å²) in [5.41, 5.74) is 0.611. The summed E-state index contributed by atoms with van der Waals surface area (Å²) >= 11 is 0. The van der Waals surface area contributed by atoms with E-state index in [1.165, 1.54) is 12.5 Å². The summed E-state index contributed by atoms with van der Waals surface area (Å²) in [7, 11) is 1.64. The van der Waals surface area contributed by atoms with E-state index >= 15 is 0 Å². The number of hydrogen-bond acceptors (Lipinski definition) is 3. The van der Waals surface area contributed by atoms with Gasteiger partial charge >= 0.3 is 0 Å². The van der Waals surface area contributed by atoms with Crippen molar-refractivity contribution in [3.8, 4) is 0 Å². The number of rotatable bonds is 0. The fourth-order valence-electron chi connectivity index (χ4n) is 0.475. The van der Waals surface area contributed by atoms with Gasteiger partial charge in [0.25, 0.3) is 0 Å². The molecular weight excluding hydrogens is 118 g/mol. The number of hydrogen-bond donors (Lipinski definition) is 1. The largest absolute Gasteiger partial charge is 0.428 e. The van der Waals surface area contributed by atoms with Crippen LogP contribution in [-0.2, 0) is 0 Å². The van der Waals surface area contributed by atoms with Crippen LogP contribution in [0.25, 0.3) is 0 Å². The summed E-state index contributed by atoms with van der Waals surface area (Å²) in [4.78, 5) is 7.52. The minimum absolute atomic E-state index is 0.611. The number of nitrogens with zero attached hydrogens (tertiary/aromatic N) is 3. The average Bonchev–Trinajstić information content (AvgIpc) is 1.90. The molecule has 0 saturated heterocycles. The molecule has 1 aromatic heterocycles. The maximum absolute atomic E-state index is 8.66. The molecule has 0 saturated carbocycles. The first kappa shape index (κ1) is 5.81. The Bertz CT molecular complexity index is 232. The molecule has 0 spiro atoms. The van der Waals surface area contributed by atoms with Crippen LogP contribution in [0.4, 0.5) is 0 Å². The van der Waals surface area contributed by atoms with Crippen LogP contribution in [0, 0.1) is 0 Å². The van der Waals surface area contributed by atoms with E-state index in [1.807, 2.05) is 0 Å². The van der Waals surface area contributed by atoms with Crippen LogP contribution in [0.5, 0.6) is 0 Å². The monoisotopic (exact) mass is 125 g/mol. The van der Waals surface area contributed by atoms with Gasteiger partial charge in [0.05, 0.1) is 0 Å². The van der Waals surface area contributed by atoms with Gasteiger partial charge in [-0.2, -0.15) is 4.73 Å². The lowest BCUT2D eigenvalue weighted by atomic mass is 10.6. The first-order valence-electron chi connectivity index (χ1n) is 2.49. The molecule has 0 aliphatic rings. The molecule has 0 atom stereocenters. The Balaban J connectivity index is 3.17. The summed E-state index contributed by atoms with van der Waals surface area (Å²) < 4.78 is 0.870. The molecule has 1 aromatic rings. The van der Waals surface area contributed by atoms with Crippen molar-refractivity contribution in [1.29, 1.82) is 0 Å². The zero-order valence-corrected chi connectivity index (χ0v) is 5.02. The quantitative estimate of drug-likeness (QED) is 0.482. The Morgan fingerprint density at radius 2 is 2.56 bits per heavy atom. The van der Waals surface area contributed by atoms with Crippen LogP contribution in [0.15, 0.2) is 23.6 Å². The van der Waals surface area contributed by atoms with Gasteiger partial charge in [-0.25, -0.2) is 4.98 Å². The fraction of sp³-hybridized carbons (Fsp3) is 0.200. The molecule has 4 nitrogen and oxygen atoms in total. The molecule has 0 fully saturated rings. The topological polar surface area (TPSA) is 50.4 Å². The highest BCUT2D eigenvalue weighted by atomic mass is 16.5. The molecule has 0 radical (unpaired) electrons. The number of aromatic nitrogens is 2. The standard InChI is InChI=1S/C5H7N3O/c1-6-5-2-3-8(9)4-7-5/h2-4,9H,1H3. The van der Waals surface area contributed by atoms with Gasteiger partial charge < -0.3 is 5.21 Å². The molecule has 1 heterocycles. The molecule has 9 heavy (non-hydrogen) atoms. The third-order valence-corrected chi connectivity index (χ3v) is 0.914. The second-order valence-electron chi connectivity index (χ2n) is 1.52. The second-order valence-corrected chi connectivity index (χ2v) is 1.52. The molecule has 0 aromatic carbocycles. The van der Waals surface area contributed by atoms with E-state index in [1.54, 1.807) is 13.1 Å². The van der Waals surface area contributed by atoms with E-state index < -0.39 is 0 Å². The predicted octanol–water partition coefficient (Wildman–Crippen LogP) is -0.349. The summed E-state index contributed by atoms with van der Waals surface area (Å²) in [5, 5.41) is 8.66. The van der Waals surface area contributed by atoms with Gasteiger partial charge in [-0.15, -0.1) is 0 Å². The molecule has 0 aliphatic carbocycles. The maximum Gasteiger partial charge on any atom is 0.150 e. The predicted molar refractivity (Wildman–Crippen MR) is 30.9 cm³/mol. The third kappa shape index (κ3) is 1.28. The van der Waals surface area contributed by atoms with E-state index in [9.17, 15) is 0 Å². The van der Waals surface area contributed by atoms with Crippen molar-refractivity contribution >= 4 is 0 Å². The smallest absolute Gasteiger partial charge is 0.150 e. The molecule has 0 amide bonds. The van der Waals surface area contributed by atoms with E-state index in [2.05, 4.69) is 9.98 Å². The van der Waals surface area contributed by atoms with Gasteiger partial charge in [-0.05, 0) is 0 Å². The summed E-state index contributed by atoms with van der Waals surface area (Å²) in [6.07, 6.45) is 2.75. The van der Waals surface area contributed by atoms with Crippen molar-refractivity contribution in [3.63, 3.8) is 0 Å². The molecule has 48 valence electrons. The highest BCUT2D eigenvalue weighted by Crippen LogP contribution is 1.69. The highest BCUT2D eigenvalue weighted by molar-refractivity contribution is 4.77. The summed E-state index contributed by atoms with van der Waals surface area (Å²) in [5.74, 6) is 0. The molecule has 0 unspecified atom stereocenters. The minimum atomic E-state index is 0.611. The molecule has 1 N–H and O–H groups in total. The SMILES string of the molecule is CN=c1ccn(O)cn1. The Morgan fingerprint density at radius 3 is 3.00 bits per heavy atom. The van der Waals surface area contributed by atoms with Crippen LogP contribution in [-0.4, -0.2) is 22.0 Å². The van der Waals surface area contributed by atoms with E-state index in [4.69, 9.17) is 5.21 Å². The minimum Gasteiger partial charge on any atom is -0.428 e. The summed E-state index contributed by atoms with van der Waals surface area (Å²) in [6, 6.07) is 1.61. The van der Waals surface area contributed by atoms with Crippen molar-refractivity contribution in [1.82, 2.24) is 9.71 Å². The van der Waals surface area contributed by atoms with Gasteiger partial charge in [-0.3, -0.25) is 4.99 Å². The lowest BCUT2D eigenvalue weighted by Crippen LogP contribution is -2.08. The molecule has 1 rings (SSSR count). The average molecular weight is 125 g/mol. The van der Waals surface area contributed by atoms with Gasteiger partial charge in [-0.1, -0.05) is 0 Å². The maximum atomic E-state index is 8.66. The lowest BCUT2D eigenvalue weighted by molar-refractivity contribution is 0.180. The van der Waals surface area contributed by atoms with Crippen molar-refractivity contribution in [2.45, 2.75) is 0 Å². The molecule has 0 aliphatic heterocycles. The Labute approximate surface area is 52.1 Å².